The Morgan fingerprint density at radius 1 is 1.03 bits per heavy atom. The fraction of sp³-hybridized carbons (Fsp3) is 0.391. The number of ether oxygens (including phenoxy) is 1. The van der Waals surface area contributed by atoms with Gasteiger partial charge in [0.2, 0.25) is 5.91 Å². The summed E-state index contributed by atoms with van der Waals surface area (Å²) >= 11 is 0. The molecule has 0 saturated carbocycles. The number of carbonyl (C=O) groups is 2. The van der Waals surface area contributed by atoms with Crippen molar-refractivity contribution < 1.29 is 22.7 Å². The van der Waals surface area contributed by atoms with Crippen LogP contribution in [0.15, 0.2) is 54.6 Å². The zero-order valence-corrected chi connectivity index (χ0v) is 19.6. The van der Waals surface area contributed by atoms with Crippen LogP contribution in [0.4, 0.5) is 5.69 Å². The summed E-state index contributed by atoms with van der Waals surface area (Å²) in [6.07, 6.45) is 0. The van der Waals surface area contributed by atoms with Crippen LogP contribution in [0.3, 0.4) is 0 Å². The minimum atomic E-state index is -3.88. The molecular formula is C23H30N3O5S+. The number of methoxy groups -OCH3 is 1. The first-order valence-electron chi connectivity index (χ1n) is 10.5. The van der Waals surface area contributed by atoms with Gasteiger partial charge in [0.05, 0.1) is 24.8 Å². The summed E-state index contributed by atoms with van der Waals surface area (Å²) in [6.45, 7) is 5.84. The summed E-state index contributed by atoms with van der Waals surface area (Å²) in [6, 6.07) is 15.2. The van der Waals surface area contributed by atoms with Crippen LogP contribution >= 0.6 is 0 Å². The van der Waals surface area contributed by atoms with Gasteiger partial charge in [0.25, 0.3) is 0 Å². The molecule has 172 valence electrons. The van der Waals surface area contributed by atoms with Gasteiger partial charge in [0, 0.05) is 25.6 Å². The molecule has 0 aromatic heterocycles. The van der Waals surface area contributed by atoms with E-state index in [1.165, 1.54) is 14.0 Å². The van der Waals surface area contributed by atoms with E-state index in [9.17, 15) is 18.0 Å². The van der Waals surface area contributed by atoms with Crippen LogP contribution in [0, 0.1) is 0 Å². The van der Waals surface area contributed by atoms with E-state index >= 15 is 0 Å². The number of benzene rings is 2. The molecule has 1 aliphatic rings. The third-order valence-electron chi connectivity index (χ3n) is 5.95. The van der Waals surface area contributed by atoms with Crippen LogP contribution in [0.1, 0.15) is 36.7 Å². The number of amides is 1. The van der Waals surface area contributed by atoms with Gasteiger partial charge >= 0.3 is 16.2 Å². The Hall–Kier alpha value is -2.75. The predicted molar refractivity (Wildman–Crippen MR) is 123 cm³/mol. The van der Waals surface area contributed by atoms with Crippen molar-refractivity contribution in [3.63, 3.8) is 0 Å². The Bertz CT molecular complexity index is 1060. The number of carbonyl (C=O) groups excluding carboxylic acids is 2. The van der Waals surface area contributed by atoms with Crippen molar-refractivity contribution >= 4 is 27.8 Å². The van der Waals surface area contributed by atoms with Crippen LogP contribution in [-0.4, -0.2) is 57.5 Å². The number of nitrogens with zero attached hydrogens (tertiary/aromatic N) is 2. The van der Waals surface area contributed by atoms with Gasteiger partial charge in [0.1, 0.15) is 18.8 Å². The lowest BCUT2D eigenvalue weighted by molar-refractivity contribution is -0.135. The van der Waals surface area contributed by atoms with E-state index in [-0.39, 0.29) is 41.5 Å². The molecule has 3 atom stereocenters. The lowest BCUT2D eigenvalue weighted by Crippen LogP contribution is -2.71. The molecule has 0 radical (unpaired) electrons. The molecule has 0 aliphatic carbocycles. The van der Waals surface area contributed by atoms with Gasteiger partial charge in [-0.05, 0) is 31.5 Å². The van der Waals surface area contributed by atoms with E-state index in [2.05, 4.69) is 4.72 Å². The SMILES string of the molecule is COC(=O)c1ccc(CNS(=O)(=O)[N+]2(c3ccccc3)C[C@@H](C)N(C(C)=O)[C@@H](C)C2)cc1. The van der Waals surface area contributed by atoms with Crippen molar-refractivity contribution in [1.29, 1.82) is 0 Å². The van der Waals surface area contributed by atoms with Crippen molar-refractivity contribution in [3.8, 4) is 0 Å². The summed E-state index contributed by atoms with van der Waals surface area (Å²) in [4.78, 5) is 25.5. The average molecular weight is 461 g/mol. The van der Waals surface area contributed by atoms with Gasteiger partial charge < -0.3 is 9.64 Å². The first-order chi connectivity index (χ1) is 15.1. The van der Waals surface area contributed by atoms with E-state index in [1.54, 1.807) is 29.2 Å². The Labute approximate surface area is 189 Å². The second kappa shape index (κ2) is 9.40. The third kappa shape index (κ3) is 4.55. The minimum absolute atomic E-state index is 0.0630. The number of quaternary nitrogens is 1. The predicted octanol–water partition coefficient (Wildman–Crippen LogP) is 2.45. The molecule has 8 nitrogen and oxygen atoms in total. The van der Waals surface area contributed by atoms with Crippen LogP contribution in [0.25, 0.3) is 0 Å². The Kier molecular flexibility index (Phi) is 7.02. The molecule has 1 saturated heterocycles. The lowest BCUT2D eigenvalue weighted by Gasteiger charge is -2.48. The average Bonchev–Trinajstić information content (AvgIpc) is 2.77. The van der Waals surface area contributed by atoms with E-state index in [0.29, 0.717) is 11.3 Å². The normalized spacial score (nSPS) is 23.6. The van der Waals surface area contributed by atoms with Gasteiger partial charge in [-0.1, -0.05) is 30.3 Å². The third-order valence-corrected chi connectivity index (χ3v) is 7.89. The number of hydrogen-bond acceptors (Lipinski definition) is 5. The van der Waals surface area contributed by atoms with Crippen LogP contribution < -0.4 is 8.61 Å². The zero-order valence-electron chi connectivity index (χ0n) is 18.8. The monoisotopic (exact) mass is 460 g/mol. The number of hydrogen-bond donors (Lipinski definition) is 1. The topological polar surface area (TPSA) is 92.8 Å². The number of rotatable bonds is 6. The smallest absolute Gasteiger partial charge is 0.375 e. The highest BCUT2D eigenvalue weighted by Crippen LogP contribution is 2.33. The van der Waals surface area contributed by atoms with E-state index in [4.69, 9.17) is 4.74 Å². The molecule has 9 heteroatoms. The van der Waals surface area contributed by atoms with Gasteiger partial charge in [-0.25, -0.2) is 4.79 Å². The van der Waals surface area contributed by atoms with E-state index < -0.39 is 16.2 Å². The van der Waals surface area contributed by atoms with Crippen molar-refractivity contribution in [2.75, 3.05) is 20.2 Å². The molecule has 3 rings (SSSR count). The molecule has 1 heterocycles. The lowest BCUT2D eigenvalue weighted by atomic mass is 10.1. The Balaban J connectivity index is 1.91. The molecule has 1 fully saturated rings. The van der Waals surface area contributed by atoms with Crippen LogP contribution in [0.5, 0.6) is 0 Å². The molecule has 1 amide bonds. The molecule has 1 unspecified atom stereocenters. The number of nitrogens with one attached hydrogen (secondary N) is 1. The van der Waals surface area contributed by atoms with E-state index in [0.717, 1.165) is 5.56 Å². The summed E-state index contributed by atoms with van der Waals surface area (Å²) < 4.78 is 34.7. The maximum Gasteiger partial charge on any atom is 0.375 e. The summed E-state index contributed by atoms with van der Waals surface area (Å²) in [5, 5.41) is 0. The summed E-state index contributed by atoms with van der Waals surface area (Å²) in [5.74, 6) is -0.510. The van der Waals surface area contributed by atoms with E-state index in [1.807, 2.05) is 44.2 Å². The molecular weight excluding hydrogens is 430 g/mol. The molecule has 1 N–H and O–H groups in total. The van der Waals surface area contributed by atoms with Gasteiger partial charge in [-0.3, -0.25) is 4.79 Å². The highest BCUT2D eigenvalue weighted by Gasteiger charge is 2.52. The minimum Gasteiger partial charge on any atom is -0.465 e. The van der Waals surface area contributed by atoms with Gasteiger partial charge in [-0.15, -0.1) is 0 Å². The largest absolute Gasteiger partial charge is 0.465 e. The molecule has 0 bridgehead atoms. The highest BCUT2D eigenvalue weighted by molar-refractivity contribution is 7.89. The second-order valence-electron chi connectivity index (χ2n) is 8.20. The molecule has 2 aromatic carbocycles. The first-order valence-corrected chi connectivity index (χ1v) is 11.9. The molecule has 32 heavy (non-hydrogen) atoms. The van der Waals surface area contributed by atoms with Gasteiger partial charge in [-0.2, -0.15) is 17.0 Å². The zero-order chi connectivity index (χ0) is 23.5. The molecule has 2 aromatic rings. The Morgan fingerprint density at radius 2 is 1.59 bits per heavy atom. The summed E-state index contributed by atoms with van der Waals surface area (Å²) in [5.41, 5.74) is 1.77. The molecule has 1 aliphatic heterocycles. The maximum atomic E-state index is 13.8. The second-order valence-corrected chi connectivity index (χ2v) is 10.1. The number of piperazine rings is 1. The fourth-order valence-electron chi connectivity index (χ4n) is 4.58. The molecule has 0 spiro atoms. The van der Waals surface area contributed by atoms with Crippen molar-refractivity contribution in [2.24, 2.45) is 0 Å². The number of esters is 1. The fourth-order valence-corrected chi connectivity index (χ4v) is 6.40. The van der Waals surface area contributed by atoms with Gasteiger partial charge in [0.15, 0.2) is 0 Å². The maximum absolute atomic E-state index is 13.8. The highest BCUT2D eigenvalue weighted by atomic mass is 32.2. The van der Waals surface area contributed by atoms with Crippen molar-refractivity contribution in [1.82, 2.24) is 13.5 Å². The van der Waals surface area contributed by atoms with Crippen LogP contribution in [0.2, 0.25) is 0 Å². The quantitative estimate of drug-likeness (QED) is 0.528. The number of para-hydroxylation sites is 1. The standard InChI is InChI=1S/C23H30N3O5S/c1-17-15-26(22-8-6-5-7-9-22,16-18(2)25(17)19(3)27)32(29,30)24-14-20-10-12-21(13-11-20)23(28)31-4/h5-13,17-18,24H,14-16H2,1-4H3/q+1/t17-,18+,26?. The first kappa shape index (κ1) is 23.9. The van der Waals surface area contributed by atoms with Crippen molar-refractivity contribution in [2.45, 2.75) is 39.4 Å². The Morgan fingerprint density at radius 3 is 2.09 bits per heavy atom. The van der Waals surface area contributed by atoms with Crippen LogP contribution in [-0.2, 0) is 26.3 Å². The summed E-state index contributed by atoms with van der Waals surface area (Å²) in [7, 11) is -2.57. The van der Waals surface area contributed by atoms with Crippen molar-refractivity contribution in [3.05, 3.63) is 65.7 Å².